The number of carbonyl (C=O) groups excluding carboxylic acids is 1. The first-order valence-electron chi connectivity index (χ1n) is 4.29. The van der Waals surface area contributed by atoms with Crippen LogP contribution < -0.4 is 0 Å². The lowest BCUT2D eigenvalue weighted by Gasteiger charge is -1.94. The van der Waals surface area contributed by atoms with Crippen LogP contribution in [0.15, 0.2) is 36.5 Å². The zero-order valence-electron chi connectivity index (χ0n) is 7.73. The molecule has 2 aromatic rings. The van der Waals surface area contributed by atoms with E-state index in [2.05, 4.69) is 4.98 Å². The van der Waals surface area contributed by atoms with Crippen molar-refractivity contribution in [3.8, 4) is 0 Å². The van der Waals surface area contributed by atoms with Crippen LogP contribution in [-0.4, -0.2) is 10.8 Å². The number of thiophene rings is 1. The van der Waals surface area contributed by atoms with E-state index in [1.54, 1.807) is 18.3 Å². The van der Waals surface area contributed by atoms with Gasteiger partial charge < -0.3 is 0 Å². The van der Waals surface area contributed by atoms with Gasteiger partial charge in [-0.05, 0) is 31.2 Å². The monoisotopic (exact) mass is 203 g/mol. The summed E-state index contributed by atoms with van der Waals surface area (Å²) in [6.07, 6.45) is 1.63. The van der Waals surface area contributed by atoms with E-state index in [-0.39, 0.29) is 5.78 Å². The highest BCUT2D eigenvalue weighted by atomic mass is 32.1. The average Bonchev–Trinajstić information content (AvgIpc) is 2.65. The maximum absolute atomic E-state index is 11.8. The Balaban J connectivity index is 2.34. The van der Waals surface area contributed by atoms with E-state index < -0.39 is 0 Å². The molecule has 0 aliphatic carbocycles. The second kappa shape index (κ2) is 3.72. The van der Waals surface area contributed by atoms with Crippen molar-refractivity contribution in [2.75, 3.05) is 0 Å². The van der Waals surface area contributed by atoms with Crippen LogP contribution in [0.3, 0.4) is 0 Å². The van der Waals surface area contributed by atoms with E-state index in [0.29, 0.717) is 5.69 Å². The summed E-state index contributed by atoms with van der Waals surface area (Å²) in [4.78, 5) is 17.7. The molecule has 0 aliphatic rings. The molecule has 0 saturated carbocycles. The molecule has 2 rings (SSSR count). The van der Waals surface area contributed by atoms with E-state index >= 15 is 0 Å². The van der Waals surface area contributed by atoms with Crippen LogP contribution in [0.2, 0.25) is 0 Å². The highest BCUT2D eigenvalue weighted by Crippen LogP contribution is 2.17. The molecule has 0 unspecified atom stereocenters. The SMILES string of the molecule is Cc1ccc(C(=O)c2ccccn2)s1. The number of ketones is 1. The quantitative estimate of drug-likeness (QED) is 0.702. The second-order valence-electron chi connectivity index (χ2n) is 2.95. The summed E-state index contributed by atoms with van der Waals surface area (Å²) < 4.78 is 0. The Labute approximate surface area is 86.2 Å². The van der Waals surface area contributed by atoms with Gasteiger partial charge in [-0.15, -0.1) is 11.3 Å². The molecule has 0 atom stereocenters. The number of pyridine rings is 1. The summed E-state index contributed by atoms with van der Waals surface area (Å²) in [5.74, 6) is 0.00343. The molecule has 0 radical (unpaired) electrons. The van der Waals surface area contributed by atoms with Crippen LogP contribution in [0.5, 0.6) is 0 Å². The fourth-order valence-electron chi connectivity index (χ4n) is 1.18. The molecule has 0 saturated heterocycles. The van der Waals surface area contributed by atoms with Gasteiger partial charge in [-0.3, -0.25) is 9.78 Å². The normalized spacial score (nSPS) is 10.1. The van der Waals surface area contributed by atoms with Gasteiger partial charge in [0.25, 0.3) is 0 Å². The number of hydrogen-bond acceptors (Lipinski definition) is 3. The van der Waals surface area contributed by atoms with Crippen molar-refractivity contribution in [3.63, 3.8) is 0 Å². The number of aryl methyl sites for hydroxylation is 1. The average molecular weight is 203 g/mol. The first-order valence-corrected chi connectivity index (χ1v) is 5.11. The van der Waals surface area contributed by atoms with Gasteiger partial charge in [-0.25, -0.2) is 0 Å². The fourth-order valence-corrected chi connectivity index (χ4v) is 2.00. The standard InChI is InChI=1S/C11H9NOS/c1-8-5-6-10(14-8)11(13)9-4-2-3-7-12-9/h2-7H,1H3. The van der Waals surface area contributed by atoms with Gasteiger partial charge in [-0.1, -0.05) is 6.07 Å². The second-order valence-corrected chi connectivity index (χ2v) is 4.24. The largest absolute Gasteiger partial charge is 0.286 e. The topological polar surface area (TPSA) is 30.0 Å². The van der Waals surface area contributed by atoms with Crippen LogP contribution in [0.25, 0.3) is 0 Å². The van der Waals surface area contributed by atoms with Gasteiger partial charge in [-0.2, -0.15) is 0 Å². The minimum atomic E-state index is 0.00343. The lowest BCUT2D eigenvalue weighted by atomic mass is 10.2. The number of rotatable bonds is 2. The lowest BCUT2D eigenvalue weighted by molar-refractivity contribution is 0.103. The minimum Gasteiger partial charge on any atom is -0.286 e. The van der Waals surface area contributed by atoms with Gasteiger partial charge in [0.1, 0.15) is 5.69 Å². The summed E-state index contributed by atoms with van der Waals surface area (Å²) in [7, 11) is 0. The predicted molar refractivity (Wildman–Crippen MR) is 56.7 cm³/mol. The molecule has 70 valence electrons. The van der Waals surface area contributed by atoms with Crippen molar-refractivity contribution in [1.29, 1.82) is 0 Å². The molecule has 3 heteroatoms. The fraction of sp³-hybridized carbons (Fsp3) is 0.0909. The van der Waals surface area contributed by atoms with E-state index in [0.717, 1.165) is 9.75 Å². The zero-order chi connectivity index (χ0) is 9.97. The summed E-state index contributed by atoms with van der Waals surface area (Å²) in [6, 6.07) is 9.15. The molecule has 0 aromatic carbocycles. The van der Waals surface area contributed by atoms with Crippen LogP contribution in [0.1, 0.15) is 20.2 Å². The Hall–Kier alpha value is -1.48. The van der Waals surface area contributed by atoms with Crippen molar-refractivity contribution in [1.82, 2.24) is 4.98 Å². The third-order valence-electron chi connectivity index (χ3n) is 1.86. The van der Waals surface area contributed by atoms with Crippen LogP contribution in [0, 0.1) is 6.92 Å². The molecule has 2 heterocycles. The molecule has 0 amide bonds. The van der Waals surface area contributed by atoms with Crippen LogP contribution >= 0.6 is 11.3 Å². The van der Waals surface area contributed by atoms with Gasteiger partial charge in [0.15, 0.2) is 0 Å². The molecule has 2 nitrogen and oxygen atoms in total. The molecule has 0 bridgehead atoms. The van der Waals surface area contributed by atoms with E-state index in [9.17, 15) is 4.79 Å². The Bertz CT molecular complexity index is 447. The van der Waals surface area contributed by atoms with Crippen molar-refractivity contribution in [2.24, 2.45) is 0 Å². The van der Waals surface area contributed by atoms with Gasteiger partial charge in [0, 0.05) is 11.1 Å². The number of hydrogen-bond donors (Lipinski definition) is 0. The molecule has 0 spiro atoms. The molecule has 14 heavy (non-hydrogen) atoms. The minimum absolute atomic E-state index is 0.00343. The molecular formula is C11H9NOS. The summed E-state index contributed by atoms with van der Waals surface area (Å²) in [6.45, 7) is 1.99. The Morgan fingerprint density at radius 1 is 1.29 bits per heavy atom. The molecule has 0 fully saturated rings. The van der Waals surface area contributed by atoms with Gasteiger partial charge >= 0.3 is 0 Å². The number of aromatic nitrogens is 1. The summed E-state index contributed by atoms with van der Waals surface area (Å²) in [5, 5.41) is 0. The lowest BCUT2D eigenvalue weighted by Crippen LogP contribution is -2.00. The molecule has 0 N–H and O–H groups in total. The Morgan fingerprint density at radius 3 is 2.71 bits per heavy atom. The van der Waals surface area contributed by atoms with Crippen molar-refractivity contribution < 1.29 is 4.79 Å². The van der Waals surface area contributed by atoms with E-state index in [1.165, 1.54) is 11.3 Å². The van der Waals surface area contributed by atoms with Gasteiger partial charge in [0.05, 0.1) is 4.88 Å². The molecule has 0 aliphatic heterocycles. The number of nitrogens with zero attached hydrogens (tertiary/aromatic N) is 1. The number of carbonyl (C=O) groups is 1. The molecular weight excluding hydrogens is 194 g/mol. The first-order chi connectivity index (χ1) is 6.77. The van der Waals surface area contributed by atoms with Crippen LogP contribution in [0.4, 0.5) is 0 Å². The highest BCUT2D eigenvalue weighted by molar-refractivity contribution is 7.14. The van der Waals surface area contributed by atoms with Crippen molar-refractivity contribution in [3.05, 3.63) is 52.0 Å². The third-order valence-corrected chi connectivity index (χ3v) is 2.86. The van der Waals surface area contributed by atoms with E-state index in [1.807, 2.05) is 25.1 Å². The van der Waals surface area contributed by atoms with Crippen molar-refractivity contribution >= 4 is 17.1 Å². The highest BCUT2D eigenvalue weighted by Gasteiger charge is 2.11. The smallest absolute Gasteiger partial charge is 0.221 e. The summed E-state index contributed by atoms with van der Waals surface area (Å²) in [5.41, 5.74) is 0.509. The zero-order valence-corrected chi connectivity index (χ0v) is 8.54. The van der Waals surface area contributed by atoms with E-state index in [4.69, 9.17) is 0 Å². The maximum Gasteiger partial charge on any atom is 0.221 e. The first kappa shape index (κ1) is 9.09. The molecule has 2 aromatic heterocycles. The predicted octanol–water partition coefficient (Wildman–Crippen LogP) is 2.68. The summed E-state index contributed by atoms with van der Waals surface area (Å²) >= 11 is 1.50. The van der Waals surface area contributed by atoms with Crippen molar-refractivity contribution in [2.45, 2.75) is 6.92 Å². The Morgan fingerprint density at radius 2 is 2.14 bits per heavy atom. The maximum atomic E-state index is 11.8. The Kier molecular flexibility index (Phi) is 2.41. The van der Waals surface area contributed by atoms with Gasteiger partial charge in [0.2, 0.25) is 5.78 Å². The van der Waals surface area contributed by atoms with Crippen LogP contribution in [-0.2, 0) is 0 Å². The third kappa shape index (κ3) is 1.72.